The van der Waals surface area contributed by atoms with Gasteiger partial charge in [0.2, 0.25) is 0 Å². The Bertz CT molecular complexity index is 672. The molecule has 104 valence electrons. The Balaban J connectivity index is 2.09. The van der Waals surface area contributed by atoms with Gasteiger partial charge in [0.05, 0.1) is 16.5 Å². The SMILES string of the molecule is Cc1ncc(CNC(=O)c2ccc(Cl)c([N+](=O)[O-])c2)s1. The maximum atomic E-state index is 11.9. The summed E-state index contributed by atoms with van der Waals surface area (Å²) in [7, 11) is 0. The van der Waals surface area contributed by atoms with Crippen molar-refractivity contribution in [1.29, 1.82) is 0 Å². The van der Waals surface area contributed by atoms with E-state index in [1.165, 1.54) is 23.5 Å². The van der Waals surface area contributed by atoms with Crippen LogP contribution in [0, 0.1) is 17.0 Å². The molecule has 8 heteroatoms. The first-order valence-corrected chi connectivity index (χ1v) is 6.80. The first-order chi connectivity index (χ1) is 9.47. The zero-order valence-corrected chi connectivity index (χ0v) is 12.0. The topological polar surface area (TPSA) is 85.1 Å². The van der Waals surface area contributed by atoms with Crippen molar-refractivity contribution < 1.29 is 9.72 Å². The lowest BCUT2D eigenvalue weighted by atomic mass is 10.2. The van der Waals surface area contributed by atoms with Gasteiger partial charge in [-0.05, 0) is 19.1 Å². The maximum Gasteiger partial charge on any atom is 0.288 e. The van der Waals surface area contributed by atoms with Gasteiger partial charge in [0.15, 0.2) is 0 Å². The molecule has 0 radical (unpaired) electrons. The Morgan fingerprint density at radius 3 is 2.90 bits per heavy atom. The van der Waals surface area contributed by atoms with Crippen LogP contribution in [-0.2, 0) is 6.54 Å². The molecule has 0 spiro atoms. The summed E-state index contributed by atoms with van der Waals surface area (Å²) >= 11 is 7.17. The van der Waals surface area contributed by atoms with Gasteiger partial charge in [-0.3, -0.25) is 14.9 Å². The number of carbonyl (C=O) groups excluding carboxylic acids is 1. The van der Waals surface area contributed by atoms with Crippen molar-refractivity contribution in [1.82, 2.24) is 10.3 Å². The average molecular weight is 312 g/mol. The lowest BCUT2D eigenvalue weighted by molar-refractivity contribution is -0.384. The molecular weight excluding hydrogens is 302 g/mol. The summed E-state index contributed by atoms with van der Waals surface area (Å²) in [6, 6.07) is 3.95. The van der Waals surface area contributed by atoms with Crippen LogP contribution in [0.15, 0.2) is 24.4 Å². The smallest absolute Gasteiger partial charge is 0.288 e. The van der Waals surface area contributed by atoms with Gasteiger partial charge in [0.25, 0.3) is 11.6 Å². The third-order valence-electron chi connectivity index (χ3n) is 2.50. The molecule has 1 N–H and O–H groups in total. The minimum Gasteiger partial charge on any atom is -0.347 e. The second kappa shape index (κ2) is 5.98. The number of rotatable bonds is 4. The molecule has 0 atom stereocenters. The number of amides is 1. The zero-order valence-electron chi connectivity index (χ0n) is 10.4. The van der Waals surface area contributed by atoms with Crippen LogP contribution in [0.5, 0.6) is 0 Å². The van der Waals surface area contributed by atoms with Crippen molar-refractivity contribution in [2.45, 2.75) is 13.5 Å². The Morgan fingerprint density at radius 2 is 2.30 bits per heavy atom. The van der Waals surface area contributed by atoms with E-state index in [-0.39, 0.29) is 16.3 Å². The molecule has 1 aromatic heterocycles. The number of nitro benzene ring substituents is 1. The number of carbonyl (C=O) groups is 1. The van der Waals surface area contributed by atoms with Gasteiger partial charge in [0, 0.05) is 22.7 Å². The van der Waals surface area contributed by atoms with Crippen LogP contribution < -0.4 is 5.32 Å². The Morgan fingerprint density at radius 1 is 1.55 bits per heavy atom. The predicted molar refractivity (Wildman–Crippen MR) is 76.1 cm³/mol. The number of thiazole rings is 1. The van der Waals surface area contributed by atoms with Crippen molar-refractivity contribution in [3.8, 4) is 0 Å². The Hall–Kier alpha value is -1.99. The second-order valence-corrected chi connectivity index (χ2v) is 5.68. The fourth-order valence-electron chi connectivity index (χ4n) is 1.55. The molecule has 2 aromatic rings. The maximum absolute atomic E-state index is 11.9. The molecule has 2 rings (SSSR count). The molecule has 0 unspecified atom stereocenters. The number of nitrogens with one attached hydrogen (secondary N) is 1. The average Bonchev–Trinajstić information content (AvgIpc) is 2.82. The van der Waals surface area contributed by atoms with Crippen LogP contribution in [0.25, 0.3) is 0 Å². The molecule has 0 aliphatic carbocycles. The quantitative estimate of drug-likeness (QED) is 0.695. The van der Waals surface area contributed by atoms with Crippen LogP contribution in [-0.4, -0.2) is 15.8 Å². The summed E-state index contributed by atoms with van der Waals surface area (Å²) in [5.41, 5.74) is -0.0877. The van der Waals surface area contributed by atoms with Crippen LogP contribution in [0.4, 0.5) is 5.69 Å². The highest BCUT2D eigenvalue weighted by Gasteiger charge is 2.16. The van der Waals surface area contributed by atoms with E-state index in [2.05, 4.69) is 10.3 Å². The van der Waals surface area contributed by atoms with Gasteiger partial charge in [-0.25, -0.2) is 4.98 Å². The number of aromatic nitrogens is 1. The molecule has 1 aromatic carbocycles. The molecule has 0 saturated carbocycles. The summed E-state index contributed by atoms with van der Waals surface area (Å²) in [4.78, 5) is 27.1. The third kappa shape index (κ3) is 3.31. The largest absolute Gasteiger partial charge is 0.347 e. The summed E-state index contributed by atoms with van der Waals surface area (Å²) in [5.74, 6) is -0.393. The molecule has 0 saturated heterocycles. The second-order valence-electron chi connectivity index (χ2n) is 3.95. The summed E-state index contributed by atoms with van der Waals surface area (Å²) in [5, 5.41) is 14.4. The van der Waals surface area contributed by atoms with E-state index in [1.54, 1.807) is 6.20 Å². The van der Waals surface area contributed by atoms with Gasteiger partial charge < -0.3 is 5.32 Å². The molecule has 0 fully saturated rings. The fourth-order valence-corrected chi connectivity index (χ4v) is 2.47. The number of nitro groups is 1. The first kappa shape index (κ1) is 14.4. The highest BCUT2D eigenvalue weighted by atomic mass is 35.5. The van der Waals surface area contributed by atoms with Crippen molar-refractivity contribution in [2.75, 3.05) is 0 Å². The summed E-state index contributed by atoms with van der Waals surface area (Å²) in [6.45, 7) is 2.21. The molecule has 0 aliphatic heterocycles. The van der Waals surface area contributed by atoms with E-state index in [9.17, 15) is 14.9 Å². The van der Waals surface area contributed by atoms with Crippen molar-refractivity contribution in [3.63, 3.8) is 0 Å². The Labute approximate surface area is 123 Å². The van der Waals surface area contributed by atoms with E-state index in [0.717, 1.165) is 16.0 Å². The van der Waals surface area contributed by atoms with Gasteiger partial charge in [-0.15, -0.1) is 11.3 Å². The normalized spacial score (nSPS) is 10.3. The molecule has 0 aliphatic rings. The van der Waals surface area contributed by atoms with Gasteiger partial charge >= 0.3 is 0 Å². The van der Waals surface area contributed by atoms with Gasteiger partial charge in [0.1, 0.15) is 5.02 Å². The first-order valence-electron chi connectivity index (χ1n) is 5.61. The molecule has 0 bridgehead atoms. The monoisotopic (exact) mass is 311 g/mol. The minimum atomic E-state index is -0.619. The van der Waals surface area contributed by atoms with Crippen molar-refractivity contribution >= 4 is 34.5 Å². The summed E-state index contributed by atoms with van der Waals surface area (Å²) < 4.78 is 0. The lowest BCUT2D eigenvalue weighted by Crippen LogP contribution is -2.22. The van der Waals surface area contributed by atoms with E-state index in [1.807, 2.05) is 6.92 Å². The number of nitrogens with zero attached hydrogens (tertiary/aromatic N) is 2. The molecule has 1 heterocycles. The number of aryl methyl sites for hydroxylation is 1. The van der Waals surface area contributed by atoms with Crippen LogP contribution in [0.3, 0.4) is 0 Å². The third-order valence-corrected chi connectivity index (χ3v) is 3.73. The predicted octanol–water partition coefficient (Wildman–Crippen LogP) is 2.94. The van der Waals surface area contributed by atoms with Gasteiger partial charge in [-0.1, -0.05) is 11.6 Å². The number of hydrogen-bond donors (Lipinski definition) is 1. The van der Waals surface area contributed by atoms with E-state index >= 15 is 0 Å². The standard InChI is InChI=1S/C12H10ClN3O3S/c1-7-14-5-9(20-7)6-15-12(17)8-2-3-10(13)11(4-8)16(18)19/h2-5H,6H2,1H3,(H,15,17). The molecular formula is C12H10ClN3O3S. The van der Waals surface area contributed by atoms with E-state index < -0.39 is 10.8 Å². The zero-order chi connectivity index (χ0) is 14.7. The minimum absolute atomic E-state index is 0.00429. The molecule has 6 nitrogen and oxygen atoms in total. The molecule has 20 heavy (non-hydrogen) atoms. The van der Waals surface area contributed by atoms with E-state index in [0.29, 0.717) is 6.54 Å². The number of benzene rings is 1. The highest BCUT2D eigenvalue weighted by Crippen LogP contribution is 2.25. The fraction of sp³-hybridized carbons (Fsp3) is 0.167. The number of halogens is 1. The number of hydrogen-bond acceptors (Lipinski definition) is 5. The van der Waals surface area contributed by atoms with Crippen molar-refractivity contribution in [3.05, 3.63) is 55.0 Å². The van der Waals surface area contributed by atoms with Crippen molar-refractivity contribution in [2.24, 2.45) is 0 Å². The lowest BCUT2D eigenvalue weighted by Gasteiger charge is -2.04. The molecule has 1 amide bonds. The van der Waals surface area contributed by atoms with E-state index in [4.69, 9.17) is 11.6 Å². The summed E-state index contributed by atoms with van der Waals surface area (Å²) in [6.07, 6.45) is 1.69. The Kier molecular flexibility index (Phi) is 4.31. The van der Waals surface area contributed by atoms with Crippen LogP contribution >= 0.6 is 22.9 Å². The van der Waals surface area contributed by atoms with Gasteiger partial charge in [-0.2, -0.15) is 0 Å². The van der Waals surface area contributed by atoms with Crippen LogP contribution in [0.2, 0.25) is 5.02 Å². The highest BCUT2D eigenvalue weighted by molar-refractivity contribution is 7.11. The van der Waals surface area contributed by atoms with Crippen LogP contribution in [0.1, 0.15) is 20.2 Å².